The number of hydrogen-bond acceptors (Lipinski definition) is 4. The number of amides is 1. The molecule has 1 fully saturated rings. The summed E-state index contributed by atoms with van der Waals surface area (Å²) in [7, 11) is 0. The number of nitrogens with zero attached hydrogens (tertiary/aromatic N) is 4. The quantitative estimate of drug-likeness (QED) is 0.138. The predicted molar refractivity (Wildman–Crippen MR) is 187 cm³/mol. The molecule has 1 aliphatic heterocycles. The Morgan fingerprint density at radius 2 is 1.57 bits per heavy atom. The van der Waals surface area contributed by atoms with Gasteiger partial charge in [0.15, 0.2) is 17.1 Å². The van der Waals surface area contributed by atoms with Gasteiger partial charge in [-0.05, 0) is 92.1 Å². The van der Waals surface area contributed by atoms with Crippen LogP contribution in [0.4, 0.5) is 22.0 Å². The minimum Gasteiger partial charge on any atom is -0.334 e. The standard InChI is InChI=1S/C40H39F5N4O2/c1-26(2)47-21-18-32(19-22-47)48(24-27-8-10-28(11-9-27)29-12-15-31(16-13-29)40(43,44)45)37(51)25-49-33(17-14-30-5-3-7-35(41)38(30)42)23-36(50)34-6-4-20-46-39(34)49/h3-13,15-16,20,23,26,32H,14,17-19,21-22,24-25H2,1-2H3. The topological polar surface area (TPSA) is 58.4 Å². The zero-order valence-corrected chi connectivity index (χ0v) is 28.5. The van der Waals surface area contributed by atoms with Crippen LogP contribution in [-0.4, -0.2) is 50.4 Å². The highest BCUT2D eigenvalue weighted by Crippen LogP contribution is 2.31. The summed E-state index contributed by atoms with van der Waals surface area (Å²) in [6.45, 7) is 6.12. The number of carbonyl (C=O) groups excluding carboxylic acids is 1. The van der Waals surface area contributed by atoms with Crippen molar-refractivity contribution in [2.24, 2.45) is 0 Å². The molecule has 3 heterocycles. The molecule has 0 unspecified atom stereocenters. The molecule has 11 heteroatoms. The normalized spacial score (nSPS) is 14.4. The number of carbonyl (C=O) groups is 1. The lowest BCUT2D eigenvalue weighted by molar-refractivity contribution is -0.137. The lowest BCUT2D eigenvalue weighted by Crippen LogP contribution is -2.49. The molecule has 266 valence electrons. The number of piperidine rings is 1. The lowest BCUT2D eigenvalue weighted by Gasteiger charge is -2.40. The molecule has 0 aliphatic carbocycles. The molecule has 0 N–H and O–H groups in total. The molecule has 0 radical (unpaired) electrons. The van der Waals surface area contributed by atoms with Crippen LogP contribution in [0.15, 0.2) is 95.9 Å². The first-order chi connectivity index (χ1) is 24.4. The van der Waals surface area contributed by atoms with Crippen LogP contribution >= 0.6 is 0 Å². The van der Waals surface area contributed by atoms with Gasteiger partial charge in [-0.1, -0.05) is 48.5 Å². The van der Waals surface area contributed by atoms with E-state index in [1.165, 1.54) is 30.3 Å². The molecule has 6 rings (SSSR count). The minimum atomic E-state index is -4.42. The van der Waals surface area contributed by atoms with Gasteiger partial charge >= 0.3 is 6.18 Å². The van der Waals surface area contributed by atoms with Crippen molar-refractivity contribution >= 4 is 16.9 Å². The fourth-order valence-corrected chi connectivity index (χ4v) is 6.85. The van der Waals surface area contributed by atoms with Crippen molar-refractivity contribution in [2.45, 2.75) is 70.9 Å². The molecule has 6 nitrogen and oxygen atoms in total. The number of aromatic nitrogens is 2. The molecule has 0 atom stereocenters. The number of rotatable bonds is 10. The molecular formula is C40H39F5N4O2. The number of pyridine rings is 2. The molecule has 1 amide bonds. The Hall–Kier alpha value is -4.90. The summed E-state index contributed by atoms with van der Waals surface area (Å²) < 4.78 is 69.5. The van der Waals surface area contributed by atoms with Gasteiger partial charge in [-0.25, -0.2) is 13.8 Å². The van der Waals surface area contributed by atoms with Gasteiger partial charge in [-0.2, -0.15) is 13.2 Å². The average Bonchev–Trinajstić information content (AvgIpc) is 3.12. The first kappa shape index (κ1) is 35.9. The van der Waals surface area contributed by atoms with Crippen LogP contribution in [0, 0.1) is 11.6 Å². The third kappa shape index (κ3) is 8.20. The van der Waals surface area contributed by atoms with Gasteiger partial charge in [0.2, 0.25) is 5.91 Å². The number of fused-ring (bicyclic) bond motifs is 1. The van der Waals surface area contributed by atoms with Crippen LogP contribution in [-0.2, 0) is 36.9 Å². The smallest absolute Gasteiger partial charge is 0.334 e. The second kappa shape index (κ2) is 15.1. The van der Waals surface area contributed by atoms with Crippen LogP contribution in [0.5, 0.6) is 0 Å². The van der Waals surface area contributed by atoms with Crippen molar-refractivity contribution in [1.82, 2.24) is 19.4 Å². The number of alkyl halides is 3. The second-order valence-corrected chi connectivity index (χ2v) is 13.3. The number of hydrogen-bond donors (Lipinski definition) is 0. The van der Waals surface area contributed by atoms with Crippen LogP contribution < -0.4 is 5.43 Å². The van der Waals surface area contributed by atoms with E-state index in [-0.39, 0.29) is 42.3 Å². The number of aryl methyl sites for hydroxylation is 2. The van der Waals surface area contributed by atoms with Gasteiger partial charge in [0.1, 0.15) is 12.2 Å². The van der Waals surface area contributed by atoms with Gasteiger partial charge in [0.25, 0.3) is 0 Å². The highest BCUT2D eigenvalue weighted by atomic mass is 19.4. The first-order valence-corrected chi connectivity index (χ1v) is 17.1. The van der Waals surface area contributed by atoms with Crippen LogP contribution in [0.1, 0.15) is 49.1 Å². The Morgan fingerprint density at radius 1 is 0.902 bits per heavy atom. The van der Waals surface area contributed by atoms with E-state index in [9.17, 15) is 31.5 Å². The summed E-state index contributed by atoms with van der Waals surface area (Å²) in [6.07, 6.45) is -1.05. The van der Waals surface area contributed by atoms with Crippen molar-refractivity contribution in [3.63, 3.8) is 0 Å². The summed E-state index contributed by atoms with van der Waals surface area (Å²) in [6, 6.07) is 21.5. The van der Waals surface area contributed by atoms with E-state index in [1.807, 2.05) is 29.2 Å². The minimum absolute atomic E-state index is 0.0643. The third-order valence-corrected chi connectivity index (χ3v) is 9.77. The van der Waals surface area contributed by atoms with Gasteiger partial charge in [0.05, 0.1) is 10.9 Å². The van der Waals surface area contributed by atoms with Crippen molar-refractivity contribution in [2.75, 3.05) is 13.1 Å². The van der Waals surface area contributed by atoms with E-state index in [0.717, 1.165) is 55.3 Å². The van der Waals surface area contributed by atoms with E-state index in [4.69, 9.17) is 0 Å². The highest BCUT2D eigenvalue weighted by molar-refractivity contribution is 5.81. The molecule has 0 saturated carbocycles. The van der Waals surface area contributed by atoms with Gasteiger partial charge in [-0.3, -0.25) is 9.59 Å². The monoisotopic (exact) mass is 702 g/mol. The molecule has 1 saturated heterocycles. The van der Waals surface area contributed by atoms with Crippen LogP contribution in [0.2, 0.25) is 0 Å². The molecule has 0 spiro atoms. The predicted octanol–water partition coefficient (Wildman–Crippen LogP) is 8.05. The fraction of sp³-hybridized carbons (Fsp3) is 0.325. The van der Waals surface area contributed by atoms with E-state index in [2.05, 4.69) is 23.7 Å². The van der Waals surface area contributed by atoms with E-state index < -0.39 is 23.4 Å². The number of likely N-dealkylation sites (tertiary alicyclic amines) is 1. The summed E-state index contributed by atoms with van der Waals surface area (Å²) in [4.78, 5) is 36.3. The lowest BCUT2D eigenvalue weighted by atomic mass is 9.99. The zero-order valence-electron chi connectivity index (χ0n) is 28.5. The zero-order chi connectivity index (χ0) is 36.3. The number of halogens is 5. The summed E-state index contributed by atoms with van der Waals surface area (Å²) in [5.74, 6) is -2.07. The molecule has 3 aromatic carbocycles. The SMILES string of the molecule is CC(C)N1CCC(N(Cc2ccc(-c3ccc(C(F)(F)F)cc3)cc2)C(=O)Cn2c(CCc3cccc(F)c3F)cc(=O)c3cccnc32)CC1. The second-order valence-electron chi connectivity index (χ2n) is 13.3. The van der Waals surface area contributed by atoms with Crippen molar-refractivity contribution in [3.8, 4) is 11.1 Å². The van der Waals surface area contributed by atoms with Gasteiger partial charge in [-0.15, -0.1) is 0 Å². The summed E-state index contributed by atoms with van der Waals surface area (Å²) >= 11 is 0. The maximum atomic E-state index is 14.6. The summed E-state index contributed by atoms with van der Waals surface area (Å²) in [5.41, 5.74) is 2.25. The van der Waals surface area contributed by atoms with E-state index in [1.54, 1.807) is 22.9 Å². The Kier molecular flexibility index (Phi) is 10.7. The Morgan fingerprint density at radius 3 is 2.22 bits per heavy atom. The molecule has 5 aromatic rings. The average molecular weight is 703 g/mol. The maximum Gasteiger partial charge on any atom is 0.416 e. The molecule has 0 bridgehead atoms. The van der Waals surface area contributed by atoms with Crippen LogP contribution in [0.25, 0.3) is 22.2 Å². The molecular weight excluding hydrogens is 663 g/mol. The van der Waals surface area contributed by atoms with Crippen molar-refractivity contribution in [1.29, 1.82) is 0 Å². The Labute approximate surface area is 293 Å². The Bertz CT molecular complexity index is 2050. The first-order valence-electron chi connectivity index (χ1n) is 17.1. The van der Waals surface area contributed by atoms with Crippen LogP contribution in [0.3, 0.4) is 0 Å². The largest absolute Gasteiger partial charge is 0.416 e. The van der Waals surface area contributed by atoms with Gasteiger partial charge in [0, 0.05) is 49.7 Å². The van der Waals surface area contributed by atoms with Crippen molar-refractivity contribution < 1.29 is 26.7 Å². The van der Waals surface area contributed by atoms with E-state index in [0.29, 0.717) is 34.9 Å². The molecule has 51 heavy (non-hydrogen) atoms. The number of benzene rings is 3. The molecule has 1 aliphatic rings. The summed E-state index contributed by atoms with van der Waals surface area (Å²) in [5, 5.41) is 0.349. The third-order valence-electron chi connectivity index (χ3n) is 9.77. The van der Waals surface area contributed by atoms with Gasteiger partial charge < -0.3 is 14.4 Å². The van der Waals surface area contributed by atoms with E-state index >= 15 is 0 Å². The fourth-order valence-electron chi connectivity index (χ4n) is 6.85. The Balaban J connectivity index is 1.29. The molecule has 2 aromatic heterocycles. The van der Waals surface area contributed by atoms with Crippen molar-refractivity contribution in [3.05, 3.63) is 135 Å². The maximum absolute atomic E-state index is 14.6. The highest BCUT2D eigenvalue weighted by Gasteiger charge is 2.31.